The highest BCUT2D eigenvalue weighted by molar-refractivity contribution is 7.07. The molecule has 0 atom stereocenters. The number of hydrogen-bond donors (Lipinski definition) is 2. The molecule has 2 heterocycles. The van der Waals surface area contributed by atoms with Crippen molar-refractivity contribution in [1.82, 2.24) is 14.5 Å². The van der Waals surface area contributed by atoms with E-state index in [0.29, 0.717) is 39.0 Å². The molecule has 4 aromatic rings. The van der Waals surface area contributed by atoms with Crippen molar-refractivity contribution in [3.8, 4) is 17.0 Å². The Kier molecular flexibility index (Phi) is 6.62. The lowest BCUT2D eigenvalue weighted by atomic mass is 10.1. The number of primary amides is 1. The molecule has 2 aromatic carbocycles. The zero-order valence-electron chi connectivity index (χ0n) is 18.2. The molecule has 174 valence electrons. The SMILES string of the molecule is CN=c1scc(-c2ccc(O)c(C(N)=O)c2)n1N=Cc1c(C)nn(Cc2ccc(F)cc2)c1Cl. The predicted octanol–water partition coefficient (Wildman–Crippen LogP) is 3.78. The normalized spacial score (nSPS) is 12.1. The smallest absolute Gasteiger partial charge is 0.252 e. The fraction of sp³-hybridized carbons (Fsp3) is 0.130. The quantitative estimate of drug-likeness (QED) is 0.394. The average Bonchev–Trinajstić information content (AvgIpc) is 3.34. The van der Waals surface area contributed by atoms with E-state index in [-0.39, 0.29) is 17.1 Å². The minimum atomic E-state index is -0.735. The second kappa shape index (κ2) is 9.62. The van der Waals surface area contributed by atoms with E-state index in [1.807, 2.05) is 12.3 Å². The summed E-state index contributed by atoms with van der Waals surface area (Å²) in [6.07, 6.45) is 1.59. The first kappa shape index (κ1) is 23.4. The number of rotatable bonds is 6. The van der Waals surface area contributed by atoms with Crippen molar-refractivity contribution in [2.24, 2.45) is 15.8 Å². The van der Waals surface area contributed by atoms with Gasteiger partial charge in [-0.2, -0.15) is 10.2 Å². The maximum Gasteiger partial charge on any atom is 0.252 e. The molecular formula is C23H20ClFN6O2S. The Morgan fingerprint density at radius 2 is 2.03 bits per heavy atom. The topological polar surface area (TPSA) is 111 Å². The number of aromatic hydroxyl groups is 1. The summed E-state index contributed by atoms with van der Waals surface area (Å²) in [6, 6.07) is 10.7. The molecule has 1 amide bonds. The van der Waals surface area contributed by atoms with Crippen molar-refractivity contribution in [2.45, 2.75) is 13.5 Å². The van der Waals surface area contributed by atoms with Gasteiger partial charge in [-0.25, -0.2) is 13.7 Å². The predicted molar refractivity (Wildman–Crippen MR) is 130 cm³/mol. The van der Waals surface area contributed by atoms with Crippen LogP contribution in [0.15, 0.2) is 57.9 Å². The summed E-state index contributed by atoms with van der Waals surface area (Å²) in [5.41, 5.74) is 8.81. The summed E-state index contributed by atoms with van der Waals surface area (Å²) >= 11 is 7.94. The van der Waals surface area contributed by atoms with Crippen LogP contribution >= 0.6 is 22.9 Å². The number of benzene rings is 2. The summed E-state index contributed by atoms with van der Waals surface area (Å²) in [4.78, 5) is 16.5. The number of aryl methyl sites for hydroxylation is 1. The van der Waals surface area contributed by atoms with Crippen LogP contribution < -0.4 is 10.5 Å². The van der Waals surface area contributed by atoms with E-state index in [2.05, 4.69) is 15.2 Å². The standard InChI is InChI=1S/C23H20ClFN6O2S/c1-13-18(21(24)30(29-13)11-14-3-6-16(25)7-4-14)10-28-31-19(12-34-23(31)27-2)15-5-8-20(32)17(9-15)22(26)33/h3-10,12,32H,11H2,1-2H3,(H2,26,33). The maximum absolute atomic E-state index is 13.2. The first-order valence-corrected chi connectivity index (χ1v) is 11.3. The van der Waals surface area contributed by atoms with Gasteiger partial charge in [0.1, 0.15) is 16.7 Å². The monoisotopic (exact) mass is 498 g/mol. The minimum absolute atomic E-state index is 0.00942. The molecule has 0 unspecified atom stereocenters. The summed E-state index contributed by atoms with van der Waals surface area (Å²) < 4.78 is 16.4. The Balaban J connectivity index is 1.71. The van der Waals surface area contributed by atoms with E-state index >= 15 is 0 Å². The Morgan fingerprint density at radius 3 is 2.71 bits per heavy atom. The van der Waals surface area contributed by atoms with Gasteiger partial charge in [0.05, 0.1) is 35.3 Å². The molecule has 0 saturated heterocycles. The Bertz CT molecular complexity index is 1470. The number of phenols is 1. The van der Waals surface area contributed by atoms with E-state index in [9.17, 15) is 14.3 Å². The van der Waals surface area contributed by atoms with Gasteiger partial charge in [0.15, 0.2) is 0 Å². The Morgan fingerprint density at radius 1 is 1.29 bits per heavy atom. The number of hydrogen-bond acceptors (Lipinski definition) is 6. The number of amides is 1. The fourth-order valence-electron chi connectivity index (χ4n) is 3.35. The second-order valence-corrected chi connectivity index (χ2v) is 8.55. The number of carbonyl (C=O) groups is 1. The Hall–Kier alpha value is -3.76. The third-order valence-corrected chi connectivity index (χ3v) is 6.40. The van der Waals surface area contributed by atoms with Gasteiger partial charge in [-0.05, 0) is 42.8 Å². The fourth-order valence-corrected chi connectivity index (χ4v) is 4.44. The van der Waals surface area contributed by atoms with Gasteiger partial charge in [-0.1, -0.05) is 23.7 Å². The summed E-state index contributed by atoms with van der Waals surface area (Å²) in [5, 5.41) is 21.2. The van der Waals surface area contributed by atoms with Gasteiger partial charge in [0.25, 0.3) is 5.91 Å². The molecule has 0 bridgehead atoms. The van der Waals surface area contributed by atoms with Crippen molar-refractivity contribution in [2.75, 3.05) is 7.05 Å². The van der Waals surface area contributed by atoms with Gasteiger partial charge in [-0.3, -0.25) is 9.79 Å². The van der Waals surface area contributed by atoms with E-state index < -0.39 is 5.91 Å². The third-order valence-electron chi connectivity index (χ3n) is 5.09. The molecule has 0 saturated carbocycles. The van der Waals surface area contributed by atoms with E-state index in [4.69, 9.17) is 17.3 Å². The summed E-state index contributed by atoms with van der Waals surface area (Å²) in [5.74, 6) is -1.24. The number of nitrogens with two attached hydrogens (primary N) is 1. The highest BCUT2D eigenvalue weighted by atomic mass is 35.5. The van der Waals surface area contributed by atoms with Gasteiger partial charge in [0.2, 0.25) is 4.80 Å². The van der Waals surface area contributed by atoms with E-state index in [0.717, 1.165) is 5.56 Å². The van der Waals surface area contributed by atoms with Crippen LogP contribution in [0, 0.1) is 12.7 Å². The van der Waals surface area contributed by atoms with Crippen LogP contribution in [0.4, 0.5) is 4.39 Å². The lowest BCUT2D eigenvalue weighted by Gasteiger charge is -2.06. The van der Waals surface area contributed by atoms with Gasteiger partial charge in [-0.15, -0.1) is 11.3 Å². The lowest BCUT2D eigenvalue weighted by molar-refractivity contribution is 0.0998. The highest BCUT2D eigenvalue weighted by Gasteiger charge is 2.15. The van der Waals surface area contributed by atoms with Crippen molar-refractivity contribution in [3.05, 3.63) is 86.0 Å². The molecule has 0 aliphatic rings. The molecule has 0 aliphatic heterocycles. The molecule has 0 spiro atoms. The van der Waals surface area contributed by atoms with Crippen LogP contribution in [-0.2, 0) is 6.54 Å². The third kappa shape index (κ3) is 4.63. The van der Waals surface area contributed by atoms with Gasteiger partial charge in [0, 0.05) is 18.0 Å². The number of halogens is 2. The molecule has 0 fully saturated rings. The van der Waals surface area contributed by atoms with Gasteiger partial charge >= 0.3 is 0 Å². The molecule has 11 heteroatoms. The molecule has 2 aromatic heterocycles. The molecule has 8 nitrogen and oxygen atoms in total. The van der Waals surface area contributed by atoms with E-state index in [1.165, 1.54) is 35.6 Å². The highest BCUT2D eigenvalue weighted by Crippen LogP contribution is 2.27. The van der Waals surface area contributed by atoms with E-state index in [1.54, 1.807) is 40.8 Å². The number of thiazole rings is 1. The molecule has 34 heavy (non-hydrogen) atoms. The maximum atomic E-state index is 13.2. The largest absolute Gasteiger partial charge is 0.507 e. The molecule has 0 radical (unpaired) electrons. The summed E-state index contributed by atoms with van der Waals surface area (Å²) in [6.45, 7) is 2.20. The minimum Gasteiger partial charge on any atom is -0.507 e. The zero-order valence-corrected chi connectivity index (χ0v) is 19.8. The molecular weight excluding hydrogens is 479 g/mol. The lowest BCUT2D eigenvalue weighted by Crippen LogP contribution is -2.13. The first-order valence-electron chi connectivity index (χ1n) is 10.1. The summed E-state index contributed by atoms with van der Waals surface area (Å²) in [7, 11) is 1.65. The number of aromatic nitrogens is 3. The van der Waals surface area contributed by atoms with Crippen LogP contribution in [0.2, 0.25) is 5.15 Å². The van der Waals surface area contributed by atoms with Crippen molar-refractivity contribution >= 4 is 35.1 Å². The van der Waals surface area contributed by atoms with Crippen molar-refractivity contribution < 1.29 is 14.3 Å². The number of carbonyl (C=O) groups excluding carboxylic acids is 1. The molecule has 4 rings (SSSR count). The van der Waals surface area contributed by atoms with Crippen LogP contribution in [0.25, 0.3) is 11.3 Å². The van der Waals surface area contributed by atoms with Crippen molar-refractivity contribution in [1.29, 1.82) is 0 Å². The zero-order chi connectivity index (χ0) is 24.4. The number of nitrogens with zero attached hydrogens (tertiary/aromatic N) is 5. The van der Waals surface area contributed by atoms with Crippen LogP contribution in [0.3, 0.4) is 0 Å². The van der Waals surface area contributed by atoms with Gasteiger partial charge < -0.3 is 10.8 Å². The first-order chi connectivity index (χ1) is 16.3. The Labute approximate surface area is 203 Å². The molecule has 3 N–H and O–H groups in total. The second-order valence-electron chi connectivity index (χ2n) is 7.35. The molecule has 0 aliphatic carbocycles. The van der Waals surface area contributed by atoms with Crippen molar-refractivity contribution in [3.63, 3.8) is 0 Å². The van der Waals surface area contributed by atoms with Crippen LogP contribution in [0.1, 0.15) is 27.2 Å². The van der Waals surface area contributed by atoms with Crippen LogP contribution in [-0.4, -0.2) is 38.7 Å². The average molecular weight is 499 g/mol. The van der Waals surface area contributed by atoms with Crippen LogP contribution in [0.5, 0.6) is 5.75 Å².